The molecule has 8 heteroatoms. The molecule has 3 aromatic carbocycles. The highest BCUT2D eigenvalue weighted by Crippen LogP contribution is 2.27. The van der Waals surface area contributed by atoms with Crippen molar-refractivity contribution >= 4 is 57.1 Å². The minimum Gasteiger partial charge on any atom is -0.489 e. The van der Waals surface area contributed by atoms with Crippen molar-refractivity contribution in [3.8, 4) is 5.75 Å². The first-order valence-corrected chi connectivity index (χ1v) is 11.1. The van der Waals surface area contributed by atoms with E-state index in [2.05, 4.69) is 21.2 Å². The maximum atomic E-state index is 13.0. The summed E-state index contributed by atoms with van der Waals surface area (Å²) < 4.78 is 6.61. The Kier molecular flexibility index (Phi) is 6.62. The highest BCUT2D eigenvalue weighted by Gasteiger charge is 2.36. The molecule has 1 heterocycles. The van der Waals surface area contributed by atoms with Crippen molar-refractivity contribution in [2.75, 3.05) is 4.90 Å². The van der Waals surface area contributed by atoms with Gasteiger partial charge in [-0.2, -0.15) is 0 Å². The van der Waals surface area contributed by atoms with Crippen molar-refractivity contribution in [3.63, 3.8) is 0 Å². The fraction of sp³-hybridized carbons (Fsp3) is 0.0800. The normalized spacial score (nSPS) is 15.1. The predicted molar refractivity (Wildman–Crippen MR) is 130 cm³/mol. The topological polar surface area (TPSA) is 75.7 Å². The van der Waals surface area contributed by atoms with Crippen molar-refractivity contribution < 1.29 is 19.1 Å². The second kappa shape index (κ2) is 9.60. The zero-order valence-electron chi connectivity index (χ0n) is 17.5. The number of hydrogen-bond acceptors (Lipinski definition) is 4. The highest BCUT2D eigenvalue weighted by atomic mass is 79.9. The summed E-state index contributed by atoms with van der Waals surface area (Å²) in [6, 6.07) is 18.6. The van der Waals surface area contributed by atoms with Crippen LogP contribution in [0.15, 0.2) is 76.8 Å². The smallest absolute Gasteiger partial charge is 0.335 e. The minimum atomic E-state index is -0.785. The molecular weight excluding hydrogens is 508 g/mol. The first kappa shape index (κ1) is 22.8. The number of imide groups is 2. The summed E-state index contributed by atoms with van der Waals surface area (Å²) in [5, 5.41) is 2.85. The predicted octanol–water partition coefficient (Wildman–Crippen LogP) is 5.66. The Bertz CT molecular complexity index is 1290. The summed E-state index contributed by atoms with van der Waals surface area (Å²) in [5.74, 6) is -0.822. The molecule has 0 saturated carbocycles. The van der Waals surface area contributed by atoms with E-state index in [9.17, 15) is 14.4 Å². The Hall–Kier alpha value is -3.42. The van der Waals surface area contributed by atoms with Crippen LogP contribution in [0.1, 0.15) is 16.7 Å². The molecule has 4 amide bonds. The maximum Gasteiger partial charge on any atom is 0.335 e. The molecule has 166 valence electrons. The van der Waals surface area contributed by atoms with E-state index < -0.39 is 17.8 Å². The van der Waals surface area contributed by atoms with E-state index >= 15 is 0 Å². The van der Waals surface area contributed by atoms with Crippen LogP contribution in [0.5, 0.6) is 5.75 Å². The second-order valence-electron chi connectivity index (χ2n) is 7.34. The standard InChI is InChI=1S/C25H18BrClN2O4/c1-15-12-18(8-11-21(15)26)29-24(31)20(23(30)28-25(29)32)13-16-6-9-19(10-7-16)33-14-17-4-2-3-5-22(17)27/h2-13H,14H2,1H3,(H,28,30,32)/b20-13+. The molecule has 0 bridgehead atoms. The number of benzene rings is 3. The Morgan fingerprint density at radius 3 is 2.45 bits per heavy atom. The number of anilines is 1. The Balaban J connectivity index is 1.53. The average molecular weight is 526 g/mol. The van der Waals surface area contributed by atoms with Gasteiger partial charge in [-0.25, -0.2) is 9.69 Å². The Morgan fingerprint density at radius 2 is 1.76 bits per heavy atom. The van der Waals surface area contributed by atoms with Gasteiger partial charge in [-0.3, -0.25) is 14.9 Å². The maximum absolute atomic E-state index is 13.0. The summed E-state index contributed by atoms with van der Waals surface area (Å²) in [5.41, 5.74) is 2.56. The van der Waals surface area contributed by atoms with Crippen molar-refractivity contribution in [1.29, 1.82) is 0 Å². The Morgan fingerprint density at radius 1 is 1.03 bits per heavy atom. The number of nitrogens with zero attached hydrogens (tertiary/aromatic N) is 1. The van der Waals surface area contributed by atoms with Crippen LogP contribution < -0.4 is 15.0 Å². The highest BCUT2D eigenvalue weighted by molar-refractivity contribution is 9.10. The molecule has 0 spiro atoms. The number of carbonyl (C=O) groups is 3. The molecule has 1 fully saturated rings. The Labute approximate surface area is 203 Å². The van der Waals surface area contributed by atoms with E-state index in [1.54, 1.807) is 48.5 Å². The number of urea groups is 1. The molecule has 6 nitrogen and oxygen atoms in total. The molecule has 0 aromatic heterocycles. The van der Waals surface area contributed by atoms with E-state index in [4.69, 9.17) is 16.3 Å². The lowest BCUT2D eigenvalue weighted by Gasteiger charge is -2.26. The van der Waals surface area contributed by atoms with Gasteiger partial charge in [0.2, 0.25) is 0 Å². The number of halogens is 2. The fourth-order valence-corrected chi connectivity index (χ4v) is 3.70. The van der Waals surface area contributed by atoms with Crippen LogP contribution in [0.4, 0.5) is 10.5 Å². The van der Waals surface area contributed by atoms with Gasteiger partial charge in [-0.15, -0.1) is 0 Å². The van der Waals surface area contributed by atoms with E-state index in [1.165, 1.54) is 6.08 Å². The number of barbiturate groups is 1. The van der Waals surface area contributed by atoms with Gasteiger partial charge in [0.05, 0.1) is 5.69 Å². The molecule has 33 heavy (non-hydrogen) atoms. The van der Waals surface area contributed by atoms with Crippen LogP contribution in [0, 0.1) is 6.92 Å². The van der Waals surface area contributed by atoms with Gasteiger partial charge in [0.1, 0.15) is 17.9 Å². The number of carbonyl (C=O) groups excluding carboxylic acids is 3. The third-order valence-electron chi connectivity index (χ3n) is 5.04. The largest absolute Gasteiger partial charge is 0.489 e. The van der Waals surface area contributed by atoms with Gasteiger partial charge in [0.25, 0.3) is 11.8 Å². The van der Waals surface area contributed by atoms with Crippen LogP contribution in [0.25, 0.3) is 6.08 Å². The molecule has 1 aliphatic heterocycles. The van der Waals surface area contributed by atoms with E-state index in [1.807, 2.05) is 25.1 Å². The third-order valence-corrected chi connectivity index (χ3v) is 6.30. The molecule has 1 N–H and O–H groups in total. The van der Waals surface area contributed by atoms with Crippen molar-refractivity contribution in [3.05, 3.63) is 98.5 Å². The summed E-state index contributed by atoms with van der Waals surface area (Å²) in [6.07, 6.45) is 1.45. The van der Waals surface area contributed by atoms with Crippen LogP contribution in [0.2, 0.25) is 5.02 Å². The molecule has 0 atom stereocenters. The number of rotatable bonds is 5. The summed E-state index contributed by atoms with van der Waals surface area (Å²) in [4.78, 5) is 38.7. The summed E-state index contributed by atoms with van der Waals surface area (Å²) in [7, 11) is 0. The first-order valence-electron chi connectivity index (χ1n) is 9.97. The van der Waals surface area contributed by atoms with E-state index in [0.717, 1.165) is 20.5 Å². The molecule has 0 aliphatic carbocycles. The average Bonchev–Trinajstić information content (AvgIpc) is 2.79. The van der Waals surface area contributed by atoms with Crippen LogP contribution in [-0.2, 0) is 16.2 Å². The molecule has 1 saturated heterocycles. The van der Waals surface area contributed by atoms with Gasteiger partial charge >= 0.3 is 6.03 Å². The summed E-state index contributed by atoms with van der Waals surface area (Å²) >= 11 is 9.54. The lowest BCUT2D eigenvalue weighted by molar-refractivity contribution is -0.122. The number of amides is 4. The molecule has 4 rings (SSSR count). The van der Waals surface area contributed by atoms with Crippen molar-refractivity contribution in [2.45, 2.75) is 13.5 Å². The zero-order valence-corrected chi connectivity index (χ0v) is 19.8. The fourth-order valence-electron chi connectivity index (χ4n) is 3.26. The lowest BCUT2D eigenvalue weighted by atomic mass is 10.1. The number of aryl methyl sites for hydroxylation is 1. The van der Waals surface area contributed by atoms with Crippen molar-refractivity contribution in [1.82, 2.24) is 5.32 Å². The first-order chi connectivity index (χ1) is 15.8. The molecule has 0 radical (unpaired) electrons. The minimum absolute atomic E-state index is 0.139. The third kappa shape index (κ3) is 4.99. The van der Waals surface area contributed by atoms with E-state index in [0.29, 0.717) is 28.6 Å². The number of nitrogens with one attached hydrogen (secondary N) is 1. The molecule has 3 aromatic rings. The number of ether oxygens (including phenoxy) is 1. The summed E-state index contributed by atoms with van der Waals surface area (Å²) in [6.45, 7) is 2.15. The van der Waals surface area contributed by atoms with Crippen LogP contribution in [0.3, 0.4) is 0 Å². The van der Waals surface area contributed by atoms with Crippen LogP contribution >= 0.6 is 27.5 Å². The van der Waals surface area contributed by atoms with Gasteiger partial charge in [0.15, 0.2) is 0 Å². The lowest BCUT2D eigenvalue weighted by Crippen LogP contribution is -2.54. The monoisotopic (exact) mass is 524 g/mol. The molecule has 1 aliphatic rings. The zero-order chi connectivity index (χ0) is 23.5. The quantitative estimate of drug-likeness (QED) is 0.345. The van der Waals surface area contributed by atoms with Gasteiger partial charge in [-0.05, 0) is 60.5 Å². The SMILES string of the molecule is Cc1cc(N2C(=O)NC(=O)/C(=C\c3ccc(OCc4ccccc4Cl)cc3)C2=O)ccc1Br. The van der Waals surface area contributed by atoms with Gasteiger partial charge < -0.3 is 4.74 Å². The van der Waals surface area contributed by atoms with Crippen molar-refractivity contribution in [2.24, 2.45) is 0 Å². The van der Waals surface area contributed by atoms with E-state index in [-0.39, 0.29) is 5.57 Å². The molecular formula is C25H18BrClN2O4. The van der Waals surface area contributed by atoms with Gasteiger partial charge in [-0.1, -0.05) is 57.9 Å². The molecule has 0 unspecified atom stereocenters. The van der Waals surface area contributed by atoms with Gasteiger partial charge in [0, 0.05) is 15.1 Å². The second-order valence-corrected chi connectivity index (χ2v) is 8.60. The number of hydrogen-bond donors (Lipinski definition) is 1. The van der Waals surface area contributed by atoms with Crippen LogP contribution in [-0.4, -0.2) is 17.8 Å².